The lowest BCUT2D eigenvalue weighted by atomic mass is 9.97. The van der Waals surface area contributed by atoms with E-state index in [2.05, 4.69) is 31.2 Å². The van der Waals surface area contributed by atoms with Crippen LogP contribution in [0.5, 0.6) is 0 Å². The van der Waals surface area contributed by atoms with Crippen molar-refractivity contribution in [2.75, 3.05) is 13.1 Å². The normalized spacial score (nSPS) is 15.1. The topological polar surface area (TPSA) is 63.4 Å². The van der Waals surface area contributed by atoms with E-state index in [-0.39, 0.29) is 5.91 Å². The Hall–Kier alpha value is -3.32. The van der Waals surface area contributed by atoms with Crippen LogP contribution in [0.3, 0.4) is 0 Å². The predicted molar refractivity (Wildman–Crippen MR) is 136 cm³/mol. The van der Waals surface area contributed by atoms with Crippen LogP contribution in [-0.2, 0) is 11.2 Å². The van der Waals surface area contributed by atoms with E-state index in [9.17, 15) is 4.79 Å². The summed E-state index contributed by atoms with van der Waals surface area (Å²) in [5, 5.41) is 7.02. The quantitative estimate of drug-likeness (QED) is 0.351. The Kier molecular flexibility index (Phi) is 5.29. The highest BCUT2D eigenvalue weighted by Crippen LogP contribution is 2.34. The van der Waals surface area contributed by atoms with E-state index >= 15 is 0 Å². The highest BCUT2D eigenvalue weighted by atomic mass is 32.1. The number of hydrogen-bond donors (Lipinski definition) is 0. The molecule has 0 aliphatic carbocycles. The van der Waals surface area contributed by atoms with Gasteiger partial charge in [0.25, 0.3) is 0 Å². The summed E-state index contributed by atoms with van der Waals surface area (Å²) >= 11 is 1.80. The fourth-order valence-electron chi connectivity index (χ4n) is 5.17. The van der Waals surface area contributed by atoms with Crippen LogP contribution in [-0.4, -0.2) is 43.5 Å². The van der Waals surface area contributed by atoms with Gasteiger partial charge in [-0.25, -0.2) is 14.5 Å². The van der Waals surface area contributed by atoms with Crippen LogP contribution in [0.15, 0.2) is 48.5 Å². The second kappa shape index (κ2) is 8.47. The van der Waals surface area contributed by atoms with Gasteiger partial charge in [-0.15, -0.1) is 11.3 Å². The van der Waals surface area contributed by atoms with E-state index in [1.165, 1.54) is 9.71 Å². The number of likely N-dealkylation sites (tertiary alicyclic amines) is 1. The highest BCUT2D eigenvalue weighted by Gasteiger charge is 2.26. The highest BCUT2D eigenvalue weighted by molar-refractivity contribution is 7.18. The van der Waals surface area contributed by atoms with Crippen LogP contribution < -0.4 is 0 Å². The average Bonchev–Trinajstić information content (AvgIpc) is 3.46. The van der Waals surface area contributed by atoms with Crippen molar-refractivity contribution in [3.63, 3.8) is 0 Å². The van der Waals surface area contributed by atoms with Crippen molar-refractivity contribution in [2.24, 2.45) is 0 Å². The van der Waals surface area contributed by atoms with E-state index < -0.39 is 0 Å². The van der Waals surface area contributed by atoms with Crippen LogP contribution in [0.1, 0.15) is 47.1 Å². The summed E-state index contributed by atoms with van der Waals surface area (Å²) in [5.41, 5.74) is 6.10. The number of carbonyl (C=O) groups excluding carboxylic acids is 1. The molecule has 0 bridgehead atoms. The Morgan fingerprint density at radius 2 is 1.74 bits per heavy atom. The Bertz CT molecular complexity index is 1490. The van der Waals surface area contributed by atoms with Gasteiger partial charge in [0, 0.05) is 42.2 Å². The molecule has 1 amide bonds. The van der Waals surface area contributed by atoms with Gasteiger partial charge in [-0.05, 0) is 62.9 Å². The number of aromatic nitrogens is 4. The average molecular weight is 470 g/mol. The molecule has 172 valence electrons. The molecule has 1 aliphatic heterocycles. The summed E-state index contributed by atoms with van der Waals surface area (Å²) in [7, 11) is 0. The molecule has 0 atom stereocenters. The molecule has 0 N–H and O–H groups in total. The van der Waals surface area contributed by atoms with Crippen molar-refractivity contribution in [3.05, 3.63) is 70.5 Å². The van der Waals surface area contributed by atoms with Crippen LogP contribution in [0.4, 0.5) is 0 Å². The van der Waals surface area contributed by atoms with E-state index in [1.807, 2.05) is 40.6 Å². The van der Waals surface area contributed by atoms with E-state index in [1.54, 1.807) is 11.3 Å². The number of nitrogens with zero attached hydrogens (tertiary/aromatic N) is 5. The third-order valence-electron chi connectivity index (χ3n) is 7.11. The molecule has 7 heteroatoms. The zero-order valence-corrected chi connectivity index (χ0v) is 20.3. The number of aryl methyl sites for hydroxylation is 2. The summed E-state index contributed by atoms with van der Waals surface area (Å²) in [4.78, 5) is 24.8. The Morgan fingerprint density at radius 1 is 1.00 bits per heavy atom. The minimum absolute atomic E-state index is 0.229. The molecular formula is C27H27N5OS. The van der Waals surface area contributed by atoms with Gasteiger partial charge in [0.15, 0.2) is 5.65 Å². The van der Waals surface area contributed by atoms with Gasteiger partial charge in [-0.2, -0.15) is 5.10 Å². The molecule has 2 aromatic carbocycles. The van der Waals surface area contributed by atoms with Crippen LogP contribution in [0.2, 0.25) is 0 Å². The van der Waals surface area contributed by atoms with Gasteiger partial charge < -0.3 is 4.90 Å². The minimum atomic E-state index is 0.229. The number of rotatable bonds is 4. The standard InChI is InChI=1S/C27H27N5OS/c1-17-20(18(2)32-26(28-17)21-7-3-4-8-22(21)30-32)11-12-25(33)31-15-13-19(14-16-31)27-29-23-9-5-6-10-24(23)34-27/h3-10,19H,11-16H2,1-2H3. The maximum atomic E-state index is 13.1. The number of hydrogen-bond acceptors (Lipinski definition) is 5. The SMILES string of the molecule is Cc1nc2c3ccccc3nn2c(C)c1CCC(=O)N1CCC(c2nc3ccccc3s2)CC1. The summed E-state index contributed by atoms with van der Waals surface area (Å²) in [5.74, 6) is 0.679. The molecule has 34 heavy (non-hydrogen) atoms. The van der Waals surface area contributed by atoms with Gasteiger partial charge >= 0.3 is 0 Å². The van der Waals surface area contributed by atoms with Gasteiger partial charge in [-0.3, -0.25) is 4.79 Å². The Morgan fingerprint density at radius 3 is 2.53 bits per heavy atom. The van der Waals surface area contributed by atoms with E-state index in [4.69, 9.17) is 15.1 Å². The lowest BCUT2D eigenvalue weighted by Gasteiger charge is -2.31. The second-order valence-corrected chi connectivity index (χ2v) is 10.3. The fraction of sp³-hybridized carbons (Fsp3) is 0.333. The van der Waals surface area contributed by atoms with Crippen molar-refractivity contribution >= 4 is 44.0 Å². The summed E-state index contributed by atoms with van der Waals surface area (Å²) < 4.78 is 3.18. The van der Waals surface area contributed by atoms with Crippen LogP contribution in [0, 0.1) is 13.8 Å². The minimum Gasteiger partial charge on any atom is -0.343 e. The zero-order chi connectivity index (χ0) is 23.2. The summed E-state index contributed by atoms with van der Waals surface area (Å²) in [6.45, 7) is 5.73. The number of amides is 1. The smallest absolute Gasteiger partial charge is 0.222 e. The van der Waals surface area contributed by atoms with Crippen molar-refractivity contribution < 1.29 is 4.79 Å². The zero-order valence-electron chi connectivity index (χ0n) is 19.5. The first-order valence-corrected chi connectivity index (χ1v) is 12.8. The van der Waals surface area contributed by atoms with Crippen LogP contribution >= 0.6 is 11.3 Å². The largest absolute Gasteiger partial charge is 0.343 e. The van der Waals surface area contributed by atoms with Crippen molar-refractivity contribution in [2.45, 2.75) is 45.4 Å². The molecule has 1 aliphatic rings. The van der Waals surface area contributed by atoms with E-state index in [0.717, 1.165) is 64.9 Å². The second-order valence-electron chi connectivity index (χ2n) is 9.19. The van der Waals surface area contributed by atoms with Crippen molar-refractivity contribution in [1.82, 2.24) is 24.5 Å². The molecule has 0 spiro atoms. The number of piperidine rings is 1. The van der Waals surface area contributed by atoms with E-state index in [0.29, 0.717) is 18.8 Å². The molecule has 0 radical (unpaired) electrons. The first-order valence-electron chi connectivity index (χ1n) is 12.0. The molecule has 1 saturated heterocycles. The monoisotopic (exact) mass is 469 g/mol. The first-order chi connectivity index (χ1) is 16.6. The summed E-state index contributed by atoms with van der Waals surface area (Å²) in [6.07, 6.45) is 3.16. The van der Waals surface area contributed by atoms with Crippen molar-refractivity contribution in [3.8, 4) is 0 Å². The maximum Gasteiger partial charge on any atom is 0.222 e. The number of para-hydroxylation sites is 1. The van der Waals surface area contributed by atoms with Crippen molar-refractivity contribution in [1.29, 1.82) is 0 Å². The summed E-state index contributed by atoms with van der Waals surface area (Å²) in [6, 6.07) is 16.4. The lowest BCUT2D eigenvalue weighted by molar-refractivity contribution is -0.132. The fourth-order valence-corrected chi connectivity index (χ4v) is 6.31. The molecule has 6 rings (SSSR count). The predicted octanol–water partition coefficient (Wildman–Crippen LogP) is 5.45. The molecule has 4 heterocycles. The lowest BCUT2D eigenvalue weighted by Crippen LogP contribution is -2.38. The third kappa shape index (κ3) is 3.64. The number of benzene rings is 2. The first kappa shape index (κ1) is 21.2. The molecule has 0 saturated carbocycles. The van der Waals surface area contributed by atoms with Crippen LogP contribution in [0.25, 0.3) is 26.8 Å². The third-order valence-corrected chi connectivity index (χ3v) is 8.31. The van der Waals surface area contributed by atoms with Gasteiger partial charge in [-0.1, -0.05) is 24.3 Å². The van der Waals surface area contributed by atoms with Gasteiger partial charge in [0.1, 0.15) is 0 Å². The Balaban J connectivity index is 1.13. The number of thiazole rings is 1. The number of carbonyl (C=O) groups is 1. The molecule has 6 nitrogen and oxygen atoms in total. The molecule has 1 fully saturated rings. The Labute approximate surface area is 202 Å². The van der Waals surface area contributed by atoms with Gasteiger partial charge in [0.05, 0.1) is 20.7 Å². The van der Waals surface area contributed by atoms with Gasteiger partial charge in [0.2, 0.25) is 5.91 Å². The maximum absolute atomic E-state index is 13.1. The molecular weight excluding hydrogens is 442 g/mol. The molecule has 0 unspecified atom stereocenters. The number of fused-ring (bicyclic) bond motifs is 4. The molecule has 3 aromatic heterocycles. The molecule has 5 aromatic rings.